The van der Waals surface area contributed by atoms with Gasteiger partial charge in [0.1, 0.15) is 5.84 Å². The fourth-order valence-electron chi connectivity index (χ4n) is 1.17. The van der Waals surface area contributed by atoms with Crippen molar-refractivity contribution in [2.45, 2.75) is 20.8 Å². The zero-order valence-electron chi connectivity index (χ0n) is 6.58. The predicted octanol–water partition coefficient (Wildman–Crippen LogP) is 1.81. The van der Waals surface area contributed by atoms with Crippen molar-refractivity contribution in [3.8, 4) is 0 Å². The van der Waals surface area contributed by atoms with E-state index in [1.54, 1.807) is 0 Å². The zero-order valence-corrected chi connectivity index (χ0v) is 6.58. The summed E-state index contributed by atoms with van der Waals surface area (Å²) in [6.45, 7) is 6.05. The molecule has 0 saturated heterocycles. The van der Waals surface area contributed by atoms with Crippen LogP contribution >= 0.6 is 0 Å². The van der Waals surface area contributed by atoms with Crippen molar-refractivity contribution in [1.29, 1.82) is 5.41 Å². The molecular weight excluding hydrogens is 124 g/mol. The first kappa shape index (κ1) is 7.06. The summed E-state index contributed by atoms with van der Waals surface area (Å²) in [6.07, 6.45) is 1.87. The van der Waals surface area contributed by atoms with E-state index in [1.165, 1.54) is 5.57 Å². The van der Waals surface area contributed by atoms with E-state index in [0.29, 0.717) is 5.84 Å². The second-order valence-electron chi connectivity index (χ2n) is 2.72. The minimum Gasteiger partial charge on any atom is -0.346 e. The summed E-state index contributed by atoms with van der Waals surface area (Å²) in [6, 6.07) is 0. The highest BCUT2D eigenvalue weighted by Gasteiger charge is 2.13. The molecule has 0 saturated carbocycles. The summed E-state index contributed by atoms with van der Waals surface area (Å²) in [4.78, 5) is 0. The molecule has 10 heavy (non-hydrogen) atoms. The van der Waals surface area contributed by atoms with Gasteiger partial charge >= 0.3 is 0 Å². The molecule has 0 fully saturated rings. The third kappa shape index (κ3) is 0.967. The maximum atomic E-state index is 7.45. The minimum absolute atomic E-state index is 0.525. The third-order valence-corrected chi connectivity index (χ3v) is 1.58. The first-order valence-electron chi connectivity index (χ1n) is 3.33. The summed E-state index contributed by atoms with van der Waals surface area (Å²) in [5.41, 5.74) is 3.41. The molecule has 54 valence electrons. The molecule has 0 aromatic rings. The lowest BCUT2D eigenvalue weighted by atomic mass is 10.1. The molecule has 2 nitrogen and oxygen atoms in total. The van der Waals surface area contributed by atoms with E-state index in [1.807, 2.05) is 27.0 Å². The smallest absolute Gasteiger partial charge is 0.129 e. The van der Waals surface area contributed by atoms with Gasteiger partial charge in [-0.2, -0.15) is 0 Å². The van der Waals surface area contributed by atoms with Crippen molar-refractivity contribution in [2.24, 2.45) is 0 Å². The molecule has 1 aliphatic heterocycles. The molecule has 0 atom stereocenters. The van der Waals surface area contributed by atoms with Crippen LogP contribution in [0.1, 0.15) is 20.8 Å². The summed E-state index contributed by atoms with van der Waals surface area (Å²) in [7, 11) is 0. The van der Waals surface area contributed by atoms with Gasteiger partial charge in [0.2, 0.25) is 0 Å². The van der Waals surface area contributed by atoms with E-state index >= 15 is 0 Å². The number of rotatable bonds is 0. The molecular formula is C8H12N2. The molecule has 0 unspecified atom stereocenters. The maximum absolute atomic E-state index is 7.45. The van der Waals surface area contributed by atoms with Crippen LogP contribution in [-0.2, 0) is 0 Å². The van der Waals surface area contributed by atoms with Gasteiger partial charge in [0.05, 0.1) is 0 Å². The van der Waals surface area contributed by atoms with Gasteiger partial charge in [0, 0.05) is 11.8 Å². The van der Waals surface area contributed by atoms with Gasteiger partial charge < -0.3 is 5.32 Å². The maximum Gasteiger partial charge on any atom is 0.129 e. The van der Waals surface area contributed by atoms with Gasteiger partial charge in [0.25, 0.3) is 0 Å². The van der Waals surface area contributed by atoms with Crippen molar-refractivity contribution < 1.29 is 0 Å². The second-order valence-corrected chi connectivity index (χ2v) is 2.72. The van der Waals surface area contributed by atoms with Crippen LogP contribution in [0.2, 0.25) is 0 Å². The van der Waals surface area contributed by atoms with Crippen molar-refractivity contribution in [3.05, 3.63) is 22.9 Å². The second kappa shape index (κ2) is 2.29. The van der Waals surface area contributed by atoms with Crippen molar-refractivity contribution in [3.63, 3.8) is 0 Å². The molecule has 2 N–H and O–H groups in total. The molecule has 0 amide bonds. The van der Waals surface area contributed by atoms with Crippen molar-refractivity contribution >= 4 is 5.84 Å². The van der Waals surface area contributed by atoms with E-state index in [4.69, 9.17) is 5.41 Å². The molecule has 1 aliphatic rings. The molecule has 2 heteroatoms. The van der Waals surface area contributed by atoms with Gasteiger partial charge in [-0.1, -0.05) is 5.57 Å². The Morgan fingerprint density at radius 2 is 2.10 bits per heavy atom. The van der Waals surface area contributed by atoms with Gasteiger partial charge in [-0.05, 0) is 26.3 Å². The molecule has 0 bridgehead atoms. The Morgan fingerprint density at radius 1 is 1.50 bits per heavy atom. The van der Waals surface area contributed by atoms with Gasteiger partial charge in [0.15, 0.2) is 0 Å². The number of allylic oxidation sites excluding steroid dienone is 1. The topological polar surface area (TPSA) is 35.9 Å². The van der Waals surface area contributed by atoms with Crippen LogP contribution in [-0.4, -0.2) is 5.84 Å². The first-order valence-corrected chi connectivity index (χ1v) is 3.33. The standard InChI is InChI=1S/C8H12N2/c1-5(2)7-6(3)4-10-8(7)9/h4H,1-3H3,(H2,9,10). The molecule has 0 aromatic carbocycles. The highest BCUT2D eigenvalue weighted by molar-refractivity contribution is 6.03. The van der Waals surface area contributed by atoms with E-state index < -0.39 is 0 Å². The Hall–Kier alpha value is -1.05. The van der Waals surface area contributed by atoms with Crippen LogP contribution in [0, 0.1) is 5.41 Å². The Kier molecular flexibility index (Phi) is 1.62. The van der Waals surface area contributed by atoms with E-state index in [0.717, 1.165) is 11.1 Å². The Balaban J connectivity index is 3.07. The fraction of sp³-hybridized carbons (Fsp3) is 0.375. The van der Waals surface area contributed by atoms with Crippen LogP contribution < -0.4 is 5.32 Å². The van der Waals surface area contributed by atoms with Crippen LogP contribution in [0.25, 0.3) is 0 Å². The summed E-state index contributed by atoms with van der Waals surface area (Å²) in [5.74, 6) is 0.525. The average Bonchev–Trinajstić information content (AvgIpc) is 2.11. The van der Waals surface area contributed by atoms with Crippen LogP contribution in [0.4, 0.5) is 0 Å². The lowest BCUT2D eigenvalue weighted by molar-refractivity contribution is 1.25. The van der Waals surface area contributed by atoms with Crippen molar-refractivity contribution in [1.82, 2.24) is 5.32 Å². The molecule has 0 spiro atoms. The molecule has 1 rings (SSSR count). The van der Waals surface area contributed by atoms with Crippen LogP contribution in [0.3, 0.4) is 0 Å². The summed E-state index contributed by atoms with van der Waals surface area (Å²) in [5, 5.41) is 10.3. The Bertz CT molecular complexity index is 230. The quantitative estimate of drug-likeness (QED) is 0.523. The van der Waals surface area contributed by atoms with E-state index in [9.17, 15) is 0 Å². The highest BCUT2D eigenvalue weighted by atomic mass is 14.9. The van der Waals surface area contributed by atoms with Crippen molar-refractivity contribution in [2.75, 3.05) is 0 Å². The monoisotopic (exact) mass is 136 g/mol. The lowest BCUT2D eigenvalue weighted by Crippen LogP contribution is -2.11. The number of amidine groups is 1. The lowest BCUT2D eigenvalue weighted by Gasteiger charge is -2.00. The fourth-order valence-corrected chi connectivity index (χ4v) is 1.17. The normalized spacial score (nSPS) is 16.9. The predicted molar refractivity (Wildman–Crippen MR) is 43.0 cm³/mol. The highest BCUT2D eigenvalue weighted by Crippen LogP contribution is 2.17. The number of nitrogens with one attached hydrogen (secondary N) is 2. The van der Waals surface area contributed by atoms with Gasteiger partial charge in [-0.25, -0.2) is 0 Å². The molecule has 0 aromatic heterocycles. The number of hydrogen-bond acceptors (Lipinski definition) is 1. The summed E-state index contributed by atoms with van der Waals surface area (Å²) < 4.78 is 0. The SMILES string of the molecule is CC1=CNC(=N)C1=C(C)C. The molecule has 0 radical (unpaired) electrons. The van der Waals surface area contributed by atoms with Crippen LogP contribution in [0.5, 0.6) is 0 Å². The average molecular weight is 136 g/mol. The zero-order chi connectivity index (χ0) is 7.72. The summed E-state index contributed by atoms with van der Waals surface area (Å²) >= 11 is 0. The van der Waals surface area contributed by atoms with E-state index in [2.05, 4.69) is 5.32 Å². The third-order valence-electron chi connectivity index (χ3n) is 1.58. The minimum atomic E-state index is 0.525. The van der Waals surface area contributed by atoms with Gasteiger partial charge in [-0.3, -0.25) is 5.41 Å². The van der Waals surface area contributed by atoms with E-state index in [-0.39, 0.29) is 0 Å². The molecule has 0 aliphatic carbocycles. The van der Waals surface area contributed by atoms with Crippen LogP contribution in [0.15, 0.2) is 22.9 Å². The Morgan fingerprint density at radius 3 is 2.30 bits per heavy atom. The molecule has 1 heterocycles. The Labute approximate surface area is 61.1 Å². The largest absolute Gasteiger partial charge is 0.346 e. The van der Waals surface area contributed by atoms with Gasteiger partial charge in [-0.15, -0.1) is 0 Å². The first-order chi connectivity index (χ1) is 4.63. The number of hydrogen-bond donors (Lipinski definition) is 2.